The van der Waals surface area contributed by atoms with E-state index in [0.29, 0.717) is 59.8 Å². The van der Waals surface area contributed by atoms with Crippen molar-refractivity contribution in [1.29, 1.82) is 0 Å². The molecule has 10 bridgehead atoms. The highest BCUT2D eigenvalue weighted by atomic mass is 16.5. The van der Waals surface area contributed by atoms with Crippen molar-refractivity contribution in [2.45, 2.75) is 101 Å². The molecule has 6 aliphatic rings. The highest BCUT2D eigenvalue weighted by Gasteiger charge is 2.37. The number of phenolic OH excluding ortho intramolecular Hbond substituents is 1. The first-order chi connectivity index (χ1) is 35.4. The lowest BCUT2D eigenvalue weighted by Crippen LogP contribution is -2.29. The molecule has 12 nitrogen and oxygen atoms in total. The lowest BCUT2D eigenvalue weighted by molar-refractivity contribution is -0.121. The summed E-state index contributed by atoms with van der Waals surface area (Å²) in [6.07, 6.45) is 14.3. The highest BCUT2D eigenvalue weighted by molar-refractivity contribution is 6.01. The normalized spacial score (nSPS) is 23.0. The zero-order chi connectivity index (χ0) is 51.2. The molecule has 7 atom stereocenters. The fourth-order valence-corrected chi connectivity index (χ4v) is 11.6. The van der Waals surface area contributed by atoms with Crippen molar-refractivity contribution in [1.82, 2.24) is 5.32 Å². The van der Waals surface area contributed by atoms with Crippen LogP contribution in [0.3, 0.4) is 0 Å². The first-order valence-corrected chi connectivity index (χ1v) is 25.7. The van der Waals surface area contributed by atoms with Crippen LogP contribution in [0, 0.1) is 29.8 Å². The van der Waals surface area contributed by atoms with Gasteiger partial charge >= 0.3 is 0 Å². The van der Waals surface area contributed by atoms with E-state index in [4.69, 9.17) is 19.9 Å². The molecule has 73 heavy (non-hydrogen) atoms. The molecular formula is C61H68N4O8. The van der Waals surface area contributed by atoms with Crippen LogP contribution in [0.4, 0.5) is 5.69 Å². The second-order valence-electron chi connectivity index (χ2n) is 20.1. The fraction of sp³-hybridized carbons (Fsp3) is 0.377. The maximum atomic E-state index is 14.2. The molecule has 2 aliphatic carbocycles. The maximum absolute atomic E-state index is 14.2. The third-order valence-corrected chi connectivity index (χ3v) is 15.4. The number of nitrogens with one attached hydrogen (secondary N) is 2. The molecule has 0 radical (unpaired) electrons. The number of benzene rings is 5. The van der Waals surface area contributed by atoms with Gasteiger partial charge < -0.3 is 51.0 Å². The number of fused-ring (bicyclic) bond motifs is 8. The number of aliphatic imine (C=N–C) groups is 1. The number of nitrogens with two attached hydrogens (primary N) is 1. The Morgan fingerprint density at radius 3 is 2.60 bits per heavy atom. The number of ether oxygens (including phenoxy) is 3. The van der Waals surface area contributed by atoms with Crippen molar-refractivity contribution in [3.05, 3.63) is 159 Å². The van der Waals surface area contributed by atoms with E-state index in [-0.39, 0.29) is 71.9 Å². The van der Waals surface area contributed by atoms with Crippen LogP contribution < -0.4 is 25.8 Å². The molecule has 0 fully saturated rings. The van der Waals surface area contributed by atoms with E-state index in [9.17, 15) is 25.2 Å². The van der Waals surface area contributed by atoms with Gasteiger partial charge in [0.15, 0.2) is 23.7 Å². The van der Waals surface area contributed by atoms with Crippen LogP contribution in [0.1, 0.15) is 120 Å². The minimum absolute atomic E-state index is 0.0126. The van der Waals surface area contributed by atoms with Gasteiger partial charge in [-0.15, -0.1) is 0 Å². The molecule has 5 aromatic carbocycles. The molecule has 0 saturated heterocycles. The van der Waals surface area contributed by atoms with Crippen LogP contribution >= 0.6 is 0 Å². The number of carbonyl (C=O) groups is 1. The van der Waals surface area contributed by atoms with Crippen LogP contribution in [-0.2, 0) is 29.0 Å². The highest BCUT2D eigenvalue weighted by Crippen LogP contribution is 2.51. The molecule has 5 aromatic rings. The van der Waals surface area contributed by atoms with Crippen molar-refractivity contribution in [2.75, 3.05) is 33.1 Å². The summed E-state index contributed by atoms with van der Waals surface area (Å²) in [6.45, 7) is 2.60. The van der Waals surface area contributed by atoms with Crippen LogP contribution in [0.2, 0.25) is 0 Å². The lowest BCUT2D eigenvalue weighted by Gasteiger charge is -2.34. The number of guanidine groups is 1. The molecule has 0 spiro atoms. The number of anilines is 1. The van der Waals surface area contributed by atoms with Crippen molar-refractivity contribution in [3.63, 3.8) is 0 Å². The number of Topliss-reactive ketones (excluding diaryl/α,β-unsaturated/α-hetero) is 1. The number of nitrogens with zero attached hydrogens (tertiary/aromatic N) is 1. The maximum Gasteiger partial charge on any atom is 0.192 e. The number of allylic oxidation sites excluding steroid dienone is 4. The first kappa shape index (κ1) is 50.9. The number of aryl methyl sites for hydroxylation is 2. The molecule has 4 aliphatic heterocycles. The van der Waals surface area contributed by atoms with Gasteiger partial charge in [-0.25, -0.2) is 0 Å². The number of rotatable bonds is 11. The Labute approximate surface area is 428 Å². The zero-order valence-corrected chi connectivity index (χ0v) is 42.2. The van der Waals surface area contributed by atoms with Gasteiger partial charge in [0.1, 0.15) is 36.1 Å². The number of hydrogen-bond donors (Lipinski definition) is 7. The Bertz CT molecular complexity index is 3020. The molecule has 0 aromatic heterocycles. The minimum Gasteiger partial charge on any atom is -0.508 e. The van der Waals surface area contributed by atoms with E-state index in [2.05, 4.69) is 71.0 Å². The summed E-state index contributed by atoms with van der Waals surface area (Å²) in [6, 6.07) is 27.6. The molecule has 380 valence electrons. The van der Waals surface area contributed by atoms with E-state index >= 15 is 0 Å². The largest absolute Gasteiger partial charge is 0.508 e. The summed E-state index contributed by atoms with van der Waals surface area (Å²) in [4.78, 5) is 18.3. The van der Waals surface area contributed by atoms with Crippen LogP contribution in [0.15, 0.2) is 119 Å². The molecular weight excluding hydrogens is 917 g/mol. The lowest BCUT2D eigenvalue weighted by atomic mass is 9.70. The number of hydrogen-bond acceptors (Lipinski definition) is 10. The van der Waals surface area contributed by atoms with Crippen LogP contribution in [0.5, 0.6) is 17.2 Å². The van der Waals surface area contributed by atoms with Gasteiger partial charge in [-0.2, -0.15) is 0 Å². The smallest absolute Gasteiger partial charge is 0.192 e. The summed E-state index contributed by atoms with van der Waals surface area (Å²) in [5.74, 6) is 3.62. The average Bonchev–Trinajstić information content (AvgIpc) is 3.39. The molecule has 8 N–H and O–H groups in total. The number of aromatic hydroxyl groups is 1. The predicted molar refractivity (Wildman–Crippen MR) is 288 cm³/mol. The SMILES string of the molecule is CN=C(N)Nc1cccc(CCCCC2C=C3C(O)=CC2CC2CC(=O)CCc4ccc(OC)c(c4)OCc4c(C(O)O)cc5c(c(O)cc6c5c4C=CC6C)C(C#CO2)C(c2ccccc2)CC3CNC)c1. The molecule has 12 heteroatoms. The molecule has 7 unspecified atom stereocenters. The van der Waals surface area contributed by atoms with E-state index < -0.39 is 18.3 Å². The quantitative estimate of drug-likeness (QED) is 0.0219. The Kier molecular flexibility index (Phi) is 15.9. The number of aliphatic hydroxyl groups excluding tert-OH is 2. The van der Waals surface area contributed by atoms with Gasteiger partial charge in [0.25, 0.3) is 0 Å². The Balaban J connectivity index is 1.20. The van der Waals surface area contributed by atoms with Crippen LogP contribution in [-0.4, -0.2) is 66.0 Å². The third kappa shape index (κ3) is 11.3. The van der Waals surface area contributed by atoms with Gasteiger partial charge in [-0.1, -0.05) is 86.0 Å². The van der Waals surface area contributed by atoms with Gasteiger partial charge in [0.05, 0.1) is 13.0 Å². The van der Waals surface area contributed by atoms with Crippen molar-refractivity contribution in [3.8, 4) is 29.3 Å². The Morgan fingerprint density at radius 1 is 0.986 bits per heavy atom. The first-order valence-electron chi connectivity index (χ1n) is 25.7. The Morgan fingerprint density at radius 2 is 1.82 bits per heavy atom. The summed E-state index contributed by atoms with van der Waals surface area (Å²) >= 11 is 0. The summed E-state index contributed by atoms with van der Waals surface area (Å²) < 4.78 is 19.0. The number of unbranched alkanes of at least 4 members (excludes halogenated alkanes) is 1. The average molecular weight is 985 g/mol. The van der Waals surface area contributed by atoms with Crippen molar-refractivity contribution >= 4 is 34.3 Å². The third-order valence-electron chi connectivity index (χ3n) is 15.4. The Hall–Kier alpha value is -7.04. The van der Waals surface area contributed by atoms with Gasteiger partial charge in [0, 0.05) is 66.6 Å². The number of phenols is 1. The second kappa shape index (κ2) is 22.8. The minimum atomic E-state index is -1.89. The van der Waals surface area contributed by atoms with Gasteiger partial charge in [-0.05, 0) is 144 Å². The van der Waals surface area contributed by atoms with E-state index in [0.717, 1.165) is 64.6 Å². The van der Waals surface area contributed by atoms with E-state index in [1.807, 2.05) is 73.8 Å². The standard InChI is InChI=1S/C61H68N4O8/c1-36-17-21-46-53-35-73-57-26-38(19-22-56(57)71-4)18-20-44(66)31-45-27-41-30-54(67)50(28-40(41)15-9-8-11-37-12-10-16-43(25-37)65-61(62)64-3)42(34-63-2)29-49(39-13-6-5-7-14-39)47(23-24-72-45)59-52(32-51(53)60(69)70)58(46)48(36)33-55(59)68/h5-7,10,12-14,16-17,19,21-22,25-26,28,30,32-33,36,40-42,45,47,49,60,63,67-70H,8-9,11,15,18,20,27,29,31,34-35H2,1-4H3,(H3,62,64,65). The van der Waals surface area contributed by atoms with E-state index in [1.165, 1.54) is 5.56 Å². The number of aliphatic hydroxyl groups is 3. The predicted octanol–water partition coefficient (Wildman–Crippen LogP) is 10.4. The second-order valence-corrected chi connectivity index (χ2v) is 20.1. The number of methoxy groups -OCH3 is 1. The topological polar surface area (TPSA) is 188 Å². The number of carbonyl (C=O) groups excluding carboxylic acids is 1. The van der Waals surface area contributed by atoms with E-state index in [1.54, 1.807) is 20.2 Å². The monoisotopic (exact) mass is 985 g/mol. The van der Waals surface area contributed by atoms with Crippen molar-refractivity contribution in [2.24, 2.45) is 28.5 Å². The summed E-state index contributed by atoms with van der Waals surface area (Å²) in [7, 11) is 5.15. The van der Waals surface area contributed by atoms with Crippen molar-refractivity contribution < 1.29 is 39.4 Å². The number of ketones is 1. The molecule has 11 rings (SSSR count). The van der Waals surface area contributed by atoms with Gasteiger partial charge in [-0.3, -0.25) is 9.79 Å². The van der Waals surface area contributed by atoms with Crippen LogP contribution in [0.25, 0.3) is 16.8 Å². The fourth-order valence-electron chi connectivity index (χ4n) is 11.6. The zero-order valence-electron chi connectivity index (χ0n) is 42.2. The van der Waals surface area contributed by atoms with Gasteiger partial charge in [0.2, 0.25) is 0 Å². The molecule has 4 heterocycles. The summed E-state index contributed by atoms with van der Waals surface area (Å²) in [5.41, 5.74) is 13.7. The molecule has 0 amide bonds. The molecule has 0 saturated carbocycles. The summed E-state index contributed by atoms with van der Waals surface area (Å²) in [5, 5.41) is 55.4.